The van der Waals surface area contributed by atoms with Gasteiger partial charge in [0, 0.05) is 18.1 Å². The van der Waals surface area contributed by atoms with Gasteiger partial charge in [0.25, 0.3) is 0 Å². The first-order valence-corrected chi connectivity index (χ1v) is 6.97. The van der Waals surface area contributed by atoms with Crippen LogP contribution in [0.5, 0.6) is 0 Å². The number of halogens is 2. The van der Waals surface area contributed by atoms with Crippen LogP contribution in [0.15, 0.2) is 48.5 Å². The third kappa shape index (κ3) is 10.8. The van der Waals surface area contributed by atoms with E-state index in [0.29, 0.717) is 10.0 Å². The number of carbonyl (C=O) groups is 1. The van der Waals surface area contributed by atoms with Gasteiger partial charge in [-0.05, 0) is 25.5 Å². The molecule has 0 aromatic heterocycles. The predicted molar refractivity (Wildman–Crippen MR) is 85.3 cm³/mol. The van der Waals surface area contributed by atoms with Gasteiger partial charge in [-0.1, -0.05) is 65.7 Å². The van der Waals surface area contributed by atoms with E-state index in [9.17, 15) is 0 Å². The van der Waals surface area contributed by atoms with Crippen molar-refractivity contribution < 1.29 is 66.4 Å². The van der Waals surface area contributed by atoms with Gasteiger partial charge < -0.3 is 15.0 Å². The van der Waals surface area contributed by atoms with Crippen molar-refractivity contribution in [2.75, 3.05) is 6.61 Å². The molecule has 0 atom stereocenters. The van der Waals surface area contributed by atoms with Gasteiger partial charge in [0.15, 0.2) is 0 Å². The number of aliphatic carboxylic acids is 1. The Bertz CT molecular complexity index is 544. The second-order valence-corrected chi connectivity index (χ2v) is 4.56. The molecule has 0 heterocycles. The molecule has 0 bridgehead atoms. The maximum absolute atomic E-state index is 8.89. The number of hydrogen-bond acceptors (Lipinski definition) is 3. The molecule has 0 saturated carbocycles. The molecular weight excluding hydrogens is 350 g/mol. The fraction of sp³-hybridized carbons (Fsp3) is 0.188. The Kier molecular flexibility index (Phi) is 16.2. The average molecular weight is 367 g/mol. The Morgan fingerprint density at radius 3 is 2.00 bits per heavy atom. The van der Waals surface area contributed by atoms with Gasteiger partial charge >= 0.3 is 51.4 Å². The van der Waals surface area contributed by atoms with E-state index in [-0.39, 0.29) is 58.0 Å². The first-order valence-electron chi connectivity index (χ1n) is 6.21. The van der Waals surface area contributed by atoms with Gasteiger partial charge in [-0.2, -0.15) is 0 Å². The molecule has 0 fully saturated rings. The van der Waals surface area contributed by atoms with E-state index in [1.165, 1.54) is 0 Å². The van der Waals surface area contributed by atoms with Crippen LogP contribution in [0.2, 0.25) is 10.0 Å². The Morgan fingerprint density at radius 2 is 1.55 bits per heavy atom. The molecule has 2 aromatic rings. The number of carboxylic acids is 1. The van der Waals surface area contributed by atoms with Crippen molar-refractivity contribution in [1.29, 1.82) is 0 Å². The molecule has 0 aliphatic heterocycles. The molecule has 114 valence electrons. The van der Waals surface area contributed by atoms with E-state index in [1.54, 1.807) is 13.0 Å². The minimum absolute atomic E-state index is 0. The van der Waals surface area contributed by atoms with Crippen LogP contribution < -0.4 is 56.5 Å². The topological polar surface area (TPSA) is 60.4 Å². The Labute approximate surface area is 183 Å². The number of benzene rings is 2. The summed E-state index contributed by atoms with van der Waals surface area (Å²) in [6, 6.07) is 15.6. The van der Waals surface area contributed by atoms with E-state index in [2.05, 4.69) is 0 Å². The van der Waals surface area contributed by atoms with Crippen LogP contribution >= 0.6 is 23.2 Å². The van der Waals surface area contributed by atoms with E-state index in [1.807, 2.05) is 42.5 Å². The molecule has 0 amide bonds. The van der Waals surface area contributed by atoms with Gasteiger partial charge in [0.05, 0.1) is 10.0 Å². The van der Waals surface area contributed by atoms with Gasteiger partial charge in [-0.15, -0.1) is 0 Å². The molecular formula is C16H17Cl2KO3. The van der Waals surface area contributed by atoms with E-state index in [4.69, 9.17) is 38.2 Å². The summed E-state index contributed by atoms with van der Waals surface area (Å²) in [5, 5.41) is 17.7. The number of carbonyl (C=O) groups excluding carboxylic acids is 1. The van der Waals surface area contributed by atoms with E-state index < -0.39 is 5.97 Å². The van der Waals surface area contributed by atoms with Crippen LogP contribution in [0, 0.1) is 0 Å². The Hall–Kier alpha value is 0.0864. The number of carboxylic acid groups (broad SMARTS) is 1. The zero-order valence-corrected chi connectivity index (χ0v) is 17.5. The van der Waals surface area contributed by atoms with Gasteiger partial charge in [0.1, 0.15) is 0 Å². The fourth-order valence-corrected chi connectivity index (χ4v) is 1.75. The first kappa shape index (κ1) is 24.3. The van der Waals surface area contributed by atoms with Gasteiger partial charge in [-0.25, -0.2) is 0 Å². The number of rotatable bonds is 1. The van der Waals surface area contributed by atoms with Crippen molar-refractivity contribution >= 4 is 29.2 Å². The minimum Gasteiger partial charge on any atom is -0.550 e. The summed E-state index contributed by atoms with van der Waals surface area (Å²) < 4.78 is 0. The van der Waals surface area contributed by atoms with Crippen LogP contribution in [0.1, 0.15) is 13.8 Å². The van der Waals surface area contributed by atoms with Crippen molar-refractivity contribution in [3.8, 4) is 11.1 Å². The predicted octanol–water partition coefficient (Wildman–Crippen LogP) is 0.419. The van der Waals surface area contributed by atoms with Crippen molar-refractivity contribution in [3.05, 3.63) is 58.6 Å². The molecule has 3 nitrogen and oxygen atoms in total. The number of aliphatic hydroxyl groups excluding tert-OH is 1. The molecule has 22 heavy (non-hydrogen) atoms. The summed E-state index contributed by atoms with van der Waals surface area (Å²) in [5.74, 6) is -1.08. The first-order chi connectivity index (χ1) is 9.93. The van der Waals surface area contributed by atoms with Crippen LogP contribution in [0.4, 0.5) is 0 Å². The molecule has 0 saturated heterocycles. The van der Waals surface area contributed by atoms with Crippen molar-refractivity contribution in [2.45, 2.75) is 13.8 Å². The third-order valence-electron chi connectivity index (χ3n) is 2.04. The Balaban J connectivity index is 0. The maximum atomic E-state index is 8.89. The second-order valence-electron chi connectivity index (χ2n) is 3.78. The zero-order chi connectivity index (χ0) is 16.3. The maximum Gasteiger partial charge on any atom is 1.00 e. The monoisotopic (exact) mass is 366 g/mol. The third-order valence-corrected chi connectivity index (χ3v) is 2.86. The number of aliphatic hydroxyl groups is 1. The van der Waals surface area contributed by atoms with Gasteiger partial charge in [0.2, 0.25) is 0 Å². The summed E-state index contributed by atoms with van der Waals surface area (Å²) in [5.41, 5.74) is 2.06. The normalized spacial score (nSPS) is 8.41. The second kappa shape index (κ2) is 14.7. The van der Waals surface area contributed by atoms with Crippen LogP contribution in [0.3, 0.4) is 0 Å². The zero-order valence-electron chi connectivity index (χ0n) is 12.8. The molecule has 6 heteroatoms. The molecule has 2 aromatic carbocycles. The molecule has 2 rings (SSSR count). The Morgan fingerprint density at radius 1 is 1.09 bits per heavy atom. The SMILES string of the molecule is CC(=O)[O-].CCO.Clc1cccc(-c2ccccc2)c1Cl.[K+]. The summed E-state index contributed by atoms with van der Waals surface area (Å²) >= 11 is 12.0. The van der Waals surface area contributed by atoms with Crippen molar-refractivity contribution in [1.82, 2.24) is 0 Å². The molecule has 0 aliphatic rings. The summed E-state index contributed by atoms with van der Waals surface area (Å²) in [6.07, 6.45) is 0. The smallest absolute Gasteiger partial charge is 0.550 e. The molecule has 1 N–H and O–H groups in total. The average Bonchev–Trinajstić information content (AvgIpc) is 2.43. The molecule has 0 aliphatic carbocycles. The standard InChI is InChI=1S/C12H8Cl2.C2H4O2.C2H6O.K/c13-11-8-4-7-10(12(11)14)9-5-2-1-3-6-9;1-2(3)4;1-2-3;/h1-8H;1H3,(H,3,4);3H,2H2,1H3;/q;;;+1/p-1. The summed E-state index contributed by atoms with van der Waals surface area (Å²) in [7, 11) is 0. The van der Waals surface area contributed by atoms with Crippen LogP contribution in [-0.4, -0.2) is 17.7 Å². The fourth-order valence-electron chi connectivity index (χ4n) is 1.34. The minimum atomic E-state index is -1.08. The summed E-state index contributed by atoms with van der Waals surface area (Å²) in [4.78, 5) is 8.89. The quantitative estimate of drug-likeness (QED) is 0.744. The van der Waals surface area contributed by atoms with Crippen LogP contribution in [0.25, 0.3) is 11.1 Å². The van der Waals surface area contributed by atoms with Crippen molar-refractivity contribution in [2.24, 2.45) is 0 Å². The van der Waals surface area contributed by atoms with E-state index in [0.717, 1.165) is 18.1 Å². The molecule has 0 radical (unpaired) electrons. The molecule has 0 spiro atoms. The summed E-state index contributed by atoms with van der Waals surface area (Å²) in [6.45, 7) is 2.90. The largest absolute Gasteiger partial charge is 1.00 e. The number of hydrogen-bond donors (Lipinski definition) is 1. The van der Waals surface area contributed by atoms with Crippen molar-refractivity contribution in [3.63, 3.8) is 0 Å². The molecule has 0 unspecified atom stereocenters. The van der Waals surface area contributed by atoms with Gasteiger partial charge in [-0.3, -0.25) is 0 Å². The van der Waals surface area contributed by atoms with Crippen LogP contribution in [-0.2, 0) is 4.79 Å². The van der Waals surface area contributed by atoms with E-state index >= 15 is 0 Å².